The van der Waals surface area contributed by atoms with E-state index in [2.05, 4.69) is 15.2 Å². The first-order valence-corrected chi connectivity index (χ1v) is 8.45. The molecule has 0 saturated carbocycles. The van der Waals surface area contributed by atoms with Gasteiger partial charge in [0.2, 0.25) is 0 Å². The minimum absolute atomic E-state index is 0.0750. The maximum absolute atomic E-state index is 12.5. The molecule has 1 aromatic rings. The van der Waals surface area contributed by atoms with E-state index in [0.717, 1.165) is 26.1 Å². The van der Waals surface area contributed by atoms with Crippen LogP contribution in [0, 0.1) is 0 Å². The number of nitrogens with zero attached hydrogens (tertiary/aromatic N) is 2. The molecule has 1 amide bonds. The molecule has 1 aliphatic rings. The van der Waals surface area contributed by atoms with E-state index in [9.17, 15) is 13.6 Å². The Morgan fingerprint density at radius 3 is 2.86 bits per heavy atom. The second kappa shape index (κ2) is 9.05. The summed E-state index contributed by atoms with van der Waals surface area (Å²) in [5, 5.41) is 2.86. The number of rotatable bonds is 7. The number of nitrogens with one attached hydrogen (secondary N) is 1. The quantitative estimate of drug-likeness (QED) is 0.617. The lowest BCUT2D eigenvalue weighted by atomic mass is 10.1. The highest BCUT2D eigenvalue weighted by Gasteiger charge is 2.16. The summed E-state index contributed by atoms with van der Waals surface area (Å²) in [5.41, 5.74) is 0.214. The Labute approximate surface area is 133 Å². The van der Waals surface area contributed by atoms with Crippen molar-refractivity contribution in [3.8, 4) is 0 Å². The van der Waals surface area contributed by atoms with Crippen molar-refractivity contribution >= 4 is 17.7 Å². The number of hydrogen-bond donors (Lipinski definition) is 1. The van der Waals surface area contributed by atoms with E-state index < -0.39 is 5.76 Å². The summed E-state index contributed by atoms with van der Waals surface area (Å²) in [6.45, 7) is 3.77. The molecule has 0 spiro atoms. The summed E-state index contributed by atoms with van der Waals surface area (Å²) in [6, 6.07) is 3.11. The molecule has 22 heavy (non-hydrogen) atoms. The van der Waals surface area contributed by atoms with Gasteiger partial charge in [0.05, 0.1) is 5.56 Å². The first-order valence-electron chi connectivity index (χ1n) is 7.57. The van der Waals surface area contributed by atoms with Crippen LogP contribution in [0.4, 0.5) is 8.78 Å². The highest BCUT2D eigenvalue weighted by atomic mass is 32.2. The molecule has 0 aromatic carbocycles. The smallest absolute Gasteiger partial charge is 0.290 e. The van der Waals surface area contributed by atoms with E-state index in [1.54, 1.807) is 6.07 Å². The van der Waals surface area contributed by atoms with E-state index in [-0.39, 0.29) is 16.5 Å². The lowest BCUT2D eigenvalue weighted by molar-refractivity contribution is 0.0947. The Hall–Kier alpha value is -1.21. The number of carbonyl (C=O) groups excluding carboxylic acids is 1. The standard InChI is InChI=1S/C15H21F2N3OS/c16-15(17)22-14-12(6-4-7-19-14)13(21)18-8-5-11-20-9-2-1-3-10-20/h4,6-7,15H,1-3,5,8-11H2,(H,18,21). The number of aromatic nitrogens is 1. The summed E-state index contributed by atoms with van der Waals surface area (Å²) in [4.78, 5) is 18.3. The van der Waals surface area contributed by atoms with Crippen LogP contribution in [0.25, 0.3) is 0 Å². The van der Waals surface area contributed by atoms with Crippen LogP contribution >= 0.6 is 11.8 Å². The number of likely N-dealkylation sites (tertiary alicyclic amines) is 1. The molecule has 0 bridgehead atoms. The second-order valence-corrected chi connectivity index (χ2v) is 6.23. The van der Waals surface area contributed by atoms with Crippen LogP contribution in [0.2, 0.25) is 0 Å². The van der Waals surface area contributed by atoms with Crippen molar-refractivity contribution < 1.29 is 13.6 Å². The van der Waals surface area contributed by atoms with Gasteiger partial charge in [-0.15, -0.1) is 0 Å². The predicted octanol–water partition coefficient (Wildman–Crippen LogP) is 3.00. The van der Waals surface area contributed by atoms with Crippen molar-refractivity contribution in [2.24, 2.45) is 0 Å². The first-order chi connectivity index (χ1) is 10.7. The molecule has 7 heteroatoms. The van der Waals surface area contributed by atoms with Crippen LogP contribution in [0.5, 0.6) is 0 Å². The van der Waals surface area contributed by atoms with Gasteiger partial charge in [0.15, 0.2) is 0 Å². The normalized spacial score (nSPS) is 16.0. The molecule has 2 heterocycles. The van der Waals surface area contributed by atoms with Gasteiger partial charge in [-0.25, -0.2) is 4.98 Å². The number of amides is 1. The number of piperidine rings is 1. The van der Waals surface area contributed by atoms with Crippen LogP contribution in [0.3, 0.4) is 0 Å². The Morgan fingerprint density at radius 1 is 1.36 bits per heavy atom. The van der Waals surface area contributed by atoms with Crippen LogP contribution in [-0.4, -0.2) is 47.7 Å². The SMILES string of the molecule is O=C(NCCCN1CCCCC1)c1cccnc1SC(F)F. The van der Waals surface area contributed by atoms with Crippen molar-refractivity contribution in [1.82, 2.24) is 15.2 Å². The van der Waals surface area contributed by atoms with Crippen molar-refractivity contribution in [2.75, 3.05) is 26.2 Å². The van der Waals surface area contributed by atoms with Gasteiger partial charge in [-0.2, -0.15) is 8.78 Å². The summed E-state index contributed by atoms with van der Waals surface area (Å²) in [5.74, 6) is -2.92. The zero-order valence-electron chi connectivity index (χ0n) is 12.4. The molecule has 0 aliphatic carbocycles. The summed E-state index contributed by atoms with van der Waals surface area (Å²) < 4.78 is 24.9. The Kier molecular flexibility index (Phi) is 7.05. The topological polar surface area (TPSA) is 45.2 Å². The van der Waals surface area contributed by atoms with Gasteiger partial charge in [-0.05, 0) is 62.8 Å². The molecule has 2 rings (SSSR count). The van der Waals surface area contributed by atoms with Gasteiger partial charge < -0.3 is 10.2 Å². The van der Waals surface area contributed by atoms with Crippen LogP contribution < -0.4 is 5.32 Å². The Bertz CT molecular complexity index is 482. The van der Waals surface area contributed by atoms with E-state index >= 15 is 0 Å². The molecule has 1 aromatic heterocycles. The molecule has 0 atom stereocenters. The lowest BCUT2D eigenvalue weighted by Crippen LogP contribution is -2.33. The van der Waals surface area contributed by atoms with Gasteiger partial charge in [-0.1, -0.05) is 6.42 Å². The predicted molar refractivity (Wildman–Crippen MR) is 83.3 cm³/mol. The molecular formula is C15H21F2N3OS. The average molecular weight is 329 g/mol. The second-order valence-electron chi connectivity index (χ2n) is 5.25. The lowest BCUT2D eigenvalue weighted by Gasteiger charge is -2.26. The van der Waals surface area contributed by atoms with Gasteiger partial charge in [0.25, 0.3) is 11.7 Å². The fourth-order valence-corrected chi connectivity index (χ4v) is 3.10. The van der Waals surface area contributed by atoms with Gasteiger partial charge in [-0.3, -0.25) is 4.79 Å². The van der Waals surface area contributed by atoms with Crippen LogP contribution in [0.1, 0.15) is 36.0 Å². The molecule has 1 saturated heterocycles. The van der Waals surface area contributed by atoms with Crippen molar-refractivity contribution in [1.29, 1.82) is 0 Å². The highest BCUT2D eigenvalue weighted by molar-refractivity contribution is 7.99. The molecule has 0 radical (unpaired) electrons. The van der Waals surface area contributed by atoms with Crippen molar-refractivity contribution in [3.05, 3.63) is 23.9 Å². The van der Waals surface area contributed by atoms with E-state index in [0.29, 0.717) is 18.3 Å². The molecule has 1 aliphatic heterocycles. The fourth-order valence-electron chi connectivity index (χ4n) is 2.52. The number of carbonyl (C=O) groups is 1. The average Bonchev–Trinajstić information content (AvgIpc) is 2.52. The van der Waals surface area contributed by atoms with Crippen LogP contribution in [-0.2, 0) is 0 Å². The van der Waals surface area contributed by atoms with E-state index in [1.807, 2.05) is 0 Å². The van der Waals surface area contributed by atoms with Crippen molar-refractivity contribution in [2.45, 2.75) is 36.5 Å². The largest absolute Gasteiger partial charge is 0.352 e. The molecular weight excluding hydrogens is 308 g/mol. The number of pyridine rings is 1. The molecule has 1 fully saturated rings. The Balaban J connectivity index is 1.77. The minimum Gasteiger partial charge on any atom is -0.352 e. The number of alkyl halides is 2. The fraction of sp³-hybridized carbons (Fsp3) is 0.600. The number of halogens is 2. The van der Waals surface area contributed by atoms with Gasteiger partial charge >= 0.3 is 0 Å². The molecule has 122 valence electrons. The number of thioether (sulfide) groups is 1. The summed E-state index contributed by atoms with van der Waals surface area (Å²) >= 11 is 0.302. The molecule has 4 nitrogen and oxygen atoms in total. The van der Waals surface area contributed by atoms with E-state index in [4.69, 9.17) is 0 Å². The van der Waals surface area contributed by atoms with E-state index in [1.165, 1.54) is 31.5 Å². The molecule has 1 N–H and O–H groups in total. The maximum atomic E-state index is 12.5. The van der Waals surface area contributed by atoms with Crippen molar-refractivity contribution in [3.63, 3.8) is 0 Å². The minimum atomic E-state index is -2.58. The maximum Gasteiger partial charge on any atom is 0.290 e. The zero-order valence-corrected chi connectivity index (χ0v) is 13.2. The zero-order chi connectivity index (χ0) is 15.8. The third-order valence-corrected chi connectivity index (χ3v) is 4.33. The highest BCUT2D eigenvalue weighted by Crippen LogP contribution is 2.26. The number of hydrogen-bond acceptors (Lipinski definition) is 4. The Morgan fingerprint density at radius 2 is 2.14 bits per heavy atom. The van der Waals surface area contributed by atoms with Gasteiger partial charge in [0.1, 0.15) is 5.03 Å². The first kappa shape index (κ1) is 17.1. The third-order valence-electron chi connectivity index (χ3n) is 3.60. The molecule has 0 unspecified atom stereocenters. The van der Waals surface area contributed by atoms with Gasteiger partial charge in [0, 0.05) is 12.7 Å². The summed E-state index contributed by atoms with van der Waals surface area (Å²) in [7, 11) is 0. The van der Waals surface area contributed by atoms with Crippen LogP contribution in [0.15, 0.2) is 23.4 Å². The summed E-state index contributed by atoms with van der Waals surface area (Å²) in [6.07, 6.45) is 6.08. The third kappa shape index (κ3) is 5.53. The monoisotopic (exact) mass is 329 g/mol.